The van der Waals surface area contributed by atoms with Gasteiger partial charge >= 0.3 is 5.97 Å². The molecule has 0 aliphatic rings. The molecule has 6 nitrogen and oxygen atoms in total. The fourth-order valence-corrected chi connectivity index (χ4v) is 2.91. The SMILES string of the molecule is CS(=O)Cc1cccc(C(=O)OCc2nc(-c3ccc(F)cc3)no2)c1. The van der Waals surface area contributed by atoms with Gasteiger partial charge in [0.25, 0.3) is 5.89 Å². The predicted molar refractivity (Wildman–Crippen MR) is 93.0 cm³/mol. The van der Waals surface area contributed by atoms with E-state index in [9.17, 15) is 13.4 Å². The van der Waals surface area contributed by atoms with Crippen LogP contribution in [0.2, 0.25) is 0 Å². The van der Waals surface area contributed by atoms with Crippen molar-refractivity contribution in [2.45, 2.75) is 12.4 Å². The van der Waals surface area contributed by atoms with Gasteiger partial charge in [-0.2, -0.15) is 4.98 Å². The van der Waals surface area contributed by atoms with Gasteiger partial charge in [0.05, 0.1) is 5.56 Å². The van der Waals surface area contributed by atoms with Gasteiger partial charge in [0.1, 0.15) is 5.82 Å². The Hall–Kier alpha value is -2.87. The molecule has 8 heteroatoms. The molecule has 1 atom stereocenters. The first-order valence-electron chi connectivity index (χ1n) is 7.66. The van der Waals surface area contributed by atoms with Gasteiger partial charge in [0, 0.05) is 28.4 Å². The highest BCUT2D eigenvalue weighted by molar-refractivity contribution is 7.83. The molecule has 134 valence electrons. The first-order valence-corrected chi connectivity index (χ1v) is 9.38. The summed E-state index contributed by atoms with van der Waals surface area (Å²) in [4.78, 5) is 16.3. The van der Waals surface area contributed by atoms with Crippen molar-refractivity contribution in [3.05, 3.63) is 71.4 Å². The fraction of sp³-hybridized carbons (Fsp3) is 0.167. The largest absolute Gasteiger partial charge is 0.452 e. The van der Waals surface area contributed by atoms with E-state index < -0.39 is 16.8 Å². The summed E-state index contributed by atoms with van der Waals surface area (Å²) in [5, 5.41) is 3.78. The number of rotatable bonds is 6. The minimum atomic E-state index is -0.997. The average molecular weight is 374 g/mol. The molecular weight excluding hydrogens is 359 g/mol. The van der Waals surface area contributed by atoms with Crippen molar-refractivity contribution < 1.29 is 22.7 Å². The third kappa shape index (κ3) is 4.60. The Kier molecular flexibility index (Phi) is 5.52. The normalized spacial score (nSPS) is 11.9. The topological polar surface area (TPSA) is 82.3 Å². The minimum absolute atomic E-state index is 0.128. The third-order valence-corrected chi connectivity index (χ3v) is 4.17. The summed E-state index contributed by atoms with van der Waals surface area (Å²) in [5.74, 6) is -0.131. The van der Waals surface area contributed by atoms with Crippen LogP contribution in [0, 0.1) is 5.82 Å². The van der Waals surface area contributed by atoms with Crippen LogP contribution in [0.3, 0.4) is 0 Å². The smallest absolute Gasteiger partial charge is 0.338 e. The molecule has 1 aromatic heterocycles. The molecule has 2 aromatic carbocycles. The Morgan fingerprint density at radius 1 is 1.23 bits per heavy atom. The van der Waals surface area contributed by atoms with Crippen molar-refractivity contribution >= 4 is 16.8 Å². The minimum Gasteiger partial charge on any atom is -0.452 e. The predicted octanol–water partition coefficient (Wildman–Crippen LogP) is 3.11. The lowest BCUT2D eigenvalue weighted by molar-refractivity contribution is 0.0429. The number of aromatic nitrogens is 2. The highest BCUT2D eigenvalue weighted by Crippen LogP contribution is 2.17. The summed E-state index contributed by atoms with van der Waals surface area (Å²) >= 11 is 0. The van der Waals surface area contributed by atoms with E-state index >= 15 is 0 Å². The Labute approximate surface area is 151 Å². The van der Waals surface area contributed by atoms with E-state index in [1.807, 2.05) is 0 Å². The highest BCUT2D eigenvalue weighted by atomic mass is 32.2. The van der Waals surface area contributed by atoms with Crippen molar-refractivity contribution in [3.8, 4) is 11.4 Å². The van der Waals surface area contributed by atoms with Crippen LogP contribution in [0.25, 0.3) is 11.4 Å². The van der Waals surface area contributed by atoms with E-state index in [1.54, 1.807) is 30.5 Å². The molecule has 1 heterocycles. The van der Waals surface area contributed by atoms with Gasteiger partial charge < -0.3 is 9.26 Å². The zero-order valence-electron chi connectivity index (χ0n) is 13.8. The third-order valence-electron chi connectivity index (χ3n) is 3.43. The molecule has 3 rings (SSSR count). The molecule has 0 saturated carbocycles. The van der Waals surface area contributed by atoms with Crippen LogP contribution in [0.1, 0.15) is 21.8 Å². The maximum Gasteiger partial charge on any atom is 0.338 e. The van der Waals surface area contributed by atoms with Crippen LogP contribution in [0.15, 0.2) is 53.1 Å². The quantitative estimate of drug-likeness (QED) is 0.617. The number of carbonyl (C=O) groups excluding carboxylic acids is 1. The molecule has 0 aliphatic carbocycles. The zero-order chi connectivity index (χ0) is 18.5. The fourth-order valence-electron chi connectivity index (χ4n) is 2.26. The van der Waals surface area contributed by atoms with E-state index in [-0.39, 0.29) is 24.1 Å². The number of carbonyl (C=O) groups is 1. The number of ether oxygens (including phenoxy) is 1. The van der Waals surface area contributed by atoms with Gasteiger partial charge in [-0.15, -0.1) is 0 Å². The van der Waals surface area contributed by atoms with Gasteiger partial charge in [-0.1, -0.05) is 17.3 Å². The first-order chi connectivity index (χ1) is 12.5. The molecule has 0 fully saturated rings. The maximum absolute atomic E-state index is 12.9. The van der Waals surface area contributed by atoms with Crippen LogP contribution in [-0.2, 0) is 27.9 Å². The van der Waals surface area contributed by atoms with Gasteiger partial charge in [0.2, 0.25) is 5.82 Å². The molecule has 0 aliphatic heterocycles. The lowest BCUT2D eigenvalue weighted by Gasteiger charge is -2.04. The average Bonchev–Trinajstić information content (AvgIpc) is 3.09. The highest BCUT2D eigenvalue weighted by Gasteiger charge is 2.13. The number of halogens is 1. The van der Waals surface area contributed by atoms with Gasteiger partial charge in [-0.25, -0.2) is 9.18 Å². The van der Waals surface area contributed by atoms with E-state index in [2.05, 4.69) is 10.1 Å². The molecule has 1 unspecified atom stereocenters. The number of hydrogen-bond acceptors (Lipinski definition) is 6. The van der Waals surface area contributed by atoms with Crippen molar-refractivity contribution in [1.29, 1.82) is 0 Å². The Morgan fingerprint density at radius 3 is 2.73 bits per heavy atom. The van der Waals surface area contributed by atoms with Crippen LogP contribution >= 0.6 is 0 Å². The molecule has 0 amide bonds. The van der Waals surface area contributed by atoms with E-state index in [1.165, 1.54) is 24.3 Å². The standard InChI is InChI=1S/C18H15FN2O4S/c1-26(23)11-12-3-2-4-14(9-12)18(22)24-10-16-20-17(21-25-16)13-5-7-15(19)8-6-13/h2-9H,10-11H2,1H3. The van der Waals surface area contributed by atoms with Crippen molar-refractivity contribution in [3.63, 3.8) is 0 Å². The molecule has 0 bridgehead atoms. The van der Waals surface area contributed by atoms with Crippen molar-refractivity contribution in [2.24, 2.45) is 0 Å². The summed E-state index contributed by atoms with van der Waals surface area (Å²) in [6.07, 6.45) is 1.60. The van der Waals surface area contributed by atoms with E-state index in [0.29, 0.717) is 16.9 Å². The second kappa shape index (κ2) is 8.01. The Morgan fingerprint density at radius 2 is 2.00 bits per heavy atom. The molecular formula is C18H15FN2O4S. The molecule has 0 saturated heterocycles. The van der Waals surface area contributed by atoms with Crippen LogP contribution in [0.5, 0.6) is 0 Å². The zero-order valence-corrected chi connectivity index (χ0v) is 14.7. The number of benzene rings is 2. The second-order valence-electron chi connectivity index (χ2n) is 5.51. The van der Waals surface area contributed by atoms with Crippen LogP contribution in [0.4, 0.5) is 4.39 Å². The van der Waals surface area contributed by atoms with Gasteiger partial charge in [-0.3, -0.25) is 4.21 Å². The first kappa shape index (κ1) is 17.9. The Bertz CT molecular complexity index is 940. The summed E-state index contributed by atoms with van der Waals surface area (Å²) in [6.45, 7) is -0.184. The molecule has 0 N–H and O–H groups in total. The van der Waals surface area contributed by atoms with Crippen LogP contribution < -0.4 is 0 Å². The maximum atomic E-state index is 12.9. The monoisotopic (exact) mass is 374 g/mol. The van der Waals surface area contributed by atoms with Gasteiger partial charge in [-0.05, 0) is 42.0 Å². The van der Waals surface area contributed by atoms with E-state index in [4.69, 9.17) is 9.26 Å². The van der Waals surface area contributed by atoms with Gasteiger partial charge in [0.15, 0.2) is 6.61 Å². The summed E-state index contributed by atoms with van der Waals surface area (Å²) in [5.41, 5.74) is 1.73. The van der Waals surface area contributed by atoms with Crippen LogP contribution in [-0.4, -0.2) is 26.6 Å². The summed E-state index contributed by atoms with van der Waals surface area (Å²) < 4.78 is 34.4. The summed E-state index contributed by atoms with van der Waals surface area (Å²) in [6, 6.07) is 12.4. The molecule has 3 aromatic rings. The lowest BCUT2D eigenvalue weighted by Crippen LogP contribution is -2.06. The molecule has 0 radical (unpaired) electrons. The number of esters is 1. The van der Waals surface area contributed by atoms with E-state index in [0.717, 1.165) is 5.56 Å². The Balaban J connectivity index is 1.63. The van der Waals surface area contributed by atoms with Crippen molar-refractivity contribution in [1.82, 2.24) is 10.1 Å². The second-order valence-corrected chi connectivity index (χ2v) is 6.95. The number of nitrogens with zero attached hydrogens (tertiary/aromatic N) is 2. The molecule has 0 spiro atoms. The lowest BCUT2D eigenvalue weighted by atomic mass is 10.1. The summed E-state index contributed by atoms with van der Waals surface area (Å²) in [7, 11) is -0.997. The number of hydrogen-bond donors (Lipinski definition) is 0. The van der Waals surface area contributed by atoms with Crippen molar-refractivity contribution in [2.75, 3.05) is 6.26 Å². The molecule has 26 heavy (non-hydrogen) atoms.